The van der Waals surface area contributed by atoms with Gasteiger partial charge in [0.15, 0.2) is 0 Å². The number of rotatable bonds is 1. The van der Waals surface area contributed by atoms with E-state index < -0.39 is 17.9 Å². The summed E-state index contributed by atoms with van der Waals surface area (Å²) < 4.78 is 40.3. The summed E-state index contributed by atoms with van der Waals surface area (Å²) in [5.74, 6) is 0.0160. The SMILES string of the molecule is OC1=CC2NN=CC2C2=C1NC(c1cn[nH]c1C(F)(F)F)C1=C2CCCC1. The standard InChI is InChI=1S/C18H18F3N5O/c19-18(20,21)17-11(7-23-26-17)15-9-4-2-1-3-8(9)14-10-6-22-25-12(10)5-13(27)16(14)24-15/h5-7,10,12,15,24-25,27H,1-4H2,(H,23,26). The number of alkyl halides is 3. The van der Waals surface area contributed by atoms with Crippen LogP contribution in [-0.4, -0.2) is 27.6 Å². The Bertz CT molecular complexity index is 924. The number of nitrogens with zero attached hydrogens (tertiary/aromatic N) is 2. The molecule has 0 amide bonds. The molecule has 5 rings (SSSR count). The molecule has 0 spiro atoms. The Balaban J connectivity index is 1.66. The van der Waals surface area contributed by atoms with Crippen LogP contribution in [0, 0.1) is 5.92 Å². The Morgan fingerprint density at radius 3 is 2.81 bits per heavy atom. The zero-order chi connectivity index (χ0) is 18.8. The summed E-state index contributed by atoms with van der Waals surface area (Å²) in [4.78, 5) is 0. The Kier molecular flexibility index (Phi) is 3.44. The molecule has 142 valence electrons. The number of halogens is 3. The summed E-state index contributed by atoms with van der Waals surface area (Å²) in [6.07, 6.45) is 3.60. The van der Waals surface area contributed by atoms with Gasteiger partial charge in [-0.2, -0.15) is 23.4 Å². The van der Waals surface area contributed by atoms with Gasteiger partial charge in [-0.25, -0.2) is 0 Å². The number of allylic oxidation sites excluding steroid dienone is 1. The van der Waals surface area contributed by atoms with Gasteiger partial charge in [-0.3, -0.25) is 5.10 Å². The maximum atomic E-state index is 13.4. The van der Waals surface area contributed by atoms with Crippen molar-refractivity contribution in [2.75, 3.05) is 0 Å². The Hall–Kier alpha value is -2.71. The second-order valence-electron chi connectivity index (χ2n) is 7.29. The van der Waals surface area contributed by atoms with E-state index in [1.54, 1.807) is 6.08 Å². The van der Waals surface area contributed by atoms with Gasteiger partial charge in [-0.1, -0.05) is 0 Å². The molecule has 0 saturated carbocycles. The smallest absolute Gasteiger partial charge is 0.433 e. The normalized spacial score (nSPS) is 29.6. The lowest BCUT2D eigenvalue weighted by molar-refractivity contribution is -0.142. The Morgan fingerprint density at radius 2 is 2.00 bits per heavy atom. The van der Waals surface area contributed by atoms with Gasteiger partial charge in [0.2, 0.25) is 0 Å². The number of hydrazone groups is 1. The van der Waals surface area contributed by atoms with Crippen LogP contribution < -0.4 is 10.7 Å². The third-order valence-electron chi connectivity index (χ3n) is 5.78. The van der Waals surface area contributed by atoms with E-state index in [-0.39, 0.29) is 23.3 Å². The third-order valence-corrected chi connectivity index (χ3v) is 5.78. The average molecular weight is 377 g/mol. The number of H-pyrrole nitrogens is 1. The van der Waals surface area contributed by atoms with E-state index >= 15 is 0 Å². The maximum absolute atomic E-state index is 13.4. The second-order valence-corrected chi connectivity index (χ2v) is 7.29. The molecule has 1 aromatic rings. The van der Waals surface area contributed by atoms with Gasteiger partial charge in [0.1, 0.15) is 11.5 Å². The lowest BCUT2D eigenvalue weighted by Gasteiger charge is -2.40. The van der Waals surface area contributed by atoms with E-state index in [0.29, 0.717) is 5.70 Å². The first-order valence-corrected chi connectivity index (χ1v) is 8.98. The minimum atomic E-state index is -4.52. The first-order valence-electron chi connectivity index (χ1n) is 8.98. The van der Waals surface area contributed by atoms with Gasteiger partial charge in [-0.05, 0) is 48.5 Å². The Labute approximate surface area is 152 Å². The van der Waals surface area contributed by atoms with Gasteiger partial charge in [0, 0.05) is 17.7 Å². The molecule has 2 aliphatic carbocycles. The molecule has 4 aliphatic rings. The quantitative estimate of drug-likeness (QED) is 0.605. The molecule has 4 N–H and O–H groups in total. The lowest BCUT2D eigenvalue weighted by Crippen LogP contribution is -2.40. The summed E-state index contributed by atoms with van der Waals surface area (Å²) in [5, 5.41) is 23.6. The van der Waals surface area contributed by atoms with Crippen LogP contribution in [-0.2, 0) is 6.18 Å². The van der Waals surface area contributed by atoms with Crippen LogP contribution in [0.4, 0.5) is 13.2 Å². The summed E-state index contributed by atoms with van der Waals surface area (Å²) in [6.45, 7) is 0. The molecular weight excluding hydrogens is 359 g/mol. The summed E-state index contributed by atoms with van der Waals surface area (Å²) >= 11 is 0. The molecule has 2 aliphatic heterocycles. The van der Waals surface area contributed by atoms with E-state index in [1.807, 2.05) is 6.21 Å². The van der Waals surface area contributed by atoms with Crippen molar-refractivity contribution in [1.29, 1.82) is 0 Å². The number of aliphatic hydroxyl groups excluding tert-OH is 1. The van der Waals surface area contributed by atoms with Crippen molar-refractivity contribution in [1.82, 2.24) is 20.9 Å². The molecule has 3 heterocycles. The first kappa shape index (κ1) is 16.5. The average Bonchev–Trinajstić information content (AvgIpc) is 3.29. The van der Waals surface area contributed by atoms with E-state index in [2.05, 4.69) is 26.0 Å². The predicted octanol–water partition coefficient (Wildman–Crippen LogP) is 3.23. The van der Waals surface area contributed by atoms with E-state index in [9.17, 15) is 18.3 Å². The Morgan fingerprint density at radius 1 is 1.19 bits per heavy atom. The van der Waals surface area contributed by atoms with Gasteiger partial charge in [-0.15, -0.1) is 0 Å². The van der Waals surface area contributed by atoms with Crippen molar-refractivity contribution in [3.8, 4) is 0 Å². The van der Waals surface area contributed by atoms with Gasteiger partial charge in [0.05, 0.1) is 24.0 Å². The van der Waals surface area contributed by atoms with Gasteiger partial charge in [0.25, 0.3) is 0 Å². The minimum Gasteiger partial charge on any atom is -0.506 e. The van der Waals surface area contributed by atoms with E-state index in [1.165, 1.54) is 6.20 Å². The molecule has 0 aromatic carbocycles. The number of hydrogen-bond acceptors (Lipinski definition) is 5. The molecule has 0 radical (unpaired) electrons. The number of aliphatic hydroxyl groups is 1. The number of aromatic nitrogens is 2. The van der Waals surface area contributed by atoms with Crippen molar-refractivity contribution >= 4 is 6.21 Å². The first-order chi connectivity index (χ1) is 12.9. The number of hydrogen-bond donors (Lipinski definition) is 4. The van der Waals surface area contributed by atoms with Crippen LogP contribution in [0.1, 0.15) is 43.0 Å². The molecule has 6 nitrogen and oxygen atoms in total. The summed E-state index contributed by atoms with van der Waals surface area (Å²) in [5.41, 5.74) is 5.67. The van der Waals surface area contributed by atoms with Crippen molar-refractivity contribution in [2.45, 2.75) is 43.9 Å². The second kappa shape index (κ2) is 5.64. The number of aromatic amines is 1. The van der Waals surface area contributed by atoms with Crippen LogP contribution in [0.2, 0.25) is 0 Å². The van der Waals surface area contributed by atoms with Crippen LogP contribution >= 0.6 is 0 Å². The molecular formula is C18H18F3N5O. The van der Waals surface area contributed by atoms with Crippen LogP contribution in [0.3, 0.4) is 0 Å². The molecule has 9 heteroatoms. The zero-order valence-electron chi connectivity index (χ0n) is 14.3. The predicted molar refractivity (Wildman–Crippen MR) is 91.6 cm³/mol. The number of dihydropyridines is 1. The molecule has 0 bridgehead atoms. The molecule has 27 heavy (non-hydrogen) atoms. The van der Waals surface area contributed by atoms with Gasteiger partial charge < -0.3 is 15.8 Å². The summed E-state index contributed by atoms with van der Waals surface area (Å²) in [6, 6.07) is -0.787. The third kappa shape index (κ3) is 2.40. The fourth-order valence-electron chi connectivity index (χ4n) is 4.63. The molecule has 3 unspecified atom stereocenters. The highest BCUT2D eigenvalue weighted by molar-refractivity contribution is 5.75. The minimum absolute atomic E-state index is 0.0288. The maximum Gasteiger partial charge on any atom is 0.433 e. The van der Waals surface area contributed by atoms with E-state index in [0.717, 1.165) is 42.4 Å². The van der Waals surface area contributed by atoms with E-state index in [4.69, 9.17) is 0 Å². The number of fused-ring (bicyclic) bond motifs is 3. The van der Waals surface area contributed by atoms with Crippen molar-refractivity contribution in [3.05, 3.63) is 51.7 Å². The molecule has 0 fully saturated rings. The largest absolute Gasteiger partial charge is 0.506 e. The van der Waals surface area contributed by atoms with Crippen molar-refractivity contribution < 1.29 is 18.3 Å². The van der Waals surface area contributed by atoms with Crippen LogP contribution in [0.15, 0.2) is 45.5 Å². The highest BCUT2D eigenvalue weighted by Crippen LogP contribution is 2.48. The fourth-order valence-corrected chi connectivity index (χ4v) is 4.63. The topological polar surface area (TPSA) is 85.3 Å². The van der Waals surface area contributed by atoms with Crippen molar-refractivity contribution in [2.24, 2.45) is 11.0 Å². The summed E-state index contributed by atoms with van der Waals surface area (Å²) in [7, 11) is 0. The fraction of sp³-hybridized carbons (Fsp3) is 0.444. The number of nitrogens with one attached hydrogen (secondary N) is 3. The van der Waals surface area contributed by atoms with Crippen LogP contribution in [0.5, 0.6) is 0 Å². The molecule has 1 aromatic heterocycles. The van der Waals surface area contributed by atoms with Crippen molar-refractivity contribution in [3.63, 3.8) is 0 Å². The van der Waals surface area contributed by atoms with Gasteiger partial charge >= 0.3 is 6.18 Å². The molecule has 0 saturated heterocycles. The zero-order valence-corrected chi connectivity index (χ0v) is 14.3. The van der Waals surface area contributed by atoms with Crippen LogP contribution in [0.25, 0.3) is 0 Å². The highest BCUT2D eigenvalue weighted by atomic mass is 19.4. The molecule has 3 atom stereocenters. The highest BCUT2D eigenvalue weighted by Gasteiger charge is 2.44. The lowest BCUT2D eigenvalue weighted by atomic mass is 9.72. The monoisotopic (exact) mass is 377 g/mol.